The molecule has 0 aromatic carbocycles. The van der Waals surface area contributed by atoms with Crippen LogP contribution in [-0.2, 0) is 0 Å². The Balaban J connectivity index is 2.30. The van der Waals surface area contributed by atoms with Gasteiger partial charge in [-0.05, 0) is 5.92 Å². The molecule has 1 nitrogen and oxygen atoms in total. The van der Waals surface area contributed by atoms with Gasteiger partial charge in [-0.15, -0.1) is 0 Å². The Kier molecular flexibility index (Phi) is 1.05. The van der Waals surface area contributed by atoms with E-state index in [1.54, 1.807) is 0 Å². The third kappa shape index (κ3) is 1.62. The van der Waals surface area contributed by atoms with Crippen LogP contribution in [0, 0.1) is 5.92 Å². The zero-order valence-electron chi connectivity index (χ0n) is 4.86. The molecular formula is C6H11N. The summed E-state index contributed by atoms with van der Waals surface area (Å²) in [7, 11) is 0. The Bertz CT molecular complexity index is 86.4. The molecule has 0 bridgehead atoms. The molecule has 0 amide bonds. The van der Waals surface area contributed by atoms with Gasteiger partial charge in [-0.3, -0.25) is 0 Å². The molecule has 7 heavy (non-hydrogen) atoms. The molecule has 1 heteroatoms. The number of rotatable bonds is 1. The second-order valence-electron chi connectivity index (χ2n) is 2.29. The molecule has 1 fully saturated rings. The summed E-state index contributed by atoms with van der Waals surface area (Å²) in [5, 5.41) is 3.13. The van der Waals surface area contributed by atoms with Crippen LogP contribution in [0.3, 0.4) is 0 Å². The van der Waals surface area contributed by atoms with Crippen LogP contribution in [0.4, 0.5) is 0 Å². The fraction of sp³-hybridized carbons (Fsp3) is 0.667. The predicted octanol–water partition coefficient (Wildman–Crippen LogP) is 1.13. The van der Waals surface area contributed by atoms with Gasteiger partial charge in [0, 0.05) is 5.70 Å². The molecule has 0 unspecified atom stereocenters. The summed E-state index contributed by atoms with van der Waals surface area (Å²) in [4.78, 5) is 0. The molecule has 40 valence electrons. The van der Waals surface area contributed by atoms with Crippen LogP contribution < -0.4 is 5.32 Å². The van der Waals surface area contributed by atoms with Crippen molar-refractivity contribution in [1.29, 1.82) is 0 Å². The molecule has 1 rings (SSSR count). The van der Waals surface area contributed by atoms with Gasteiger partial charge in [0.15, 0.2) is 0 Å². The van der Waals surface area contributed by atoms with Crippen molar-refractivity contribution in [2.24, 2.45) is 5.92 Å². The minimum atomic E-state index is 0.713. The smallest absolute Gasteiger partial charge is 0.0542 e. The van der Waals surface area contributed by atoms with Crippen LogP contribution in [0.2, 0.25) is 0 Å². The van der Waals surface area contributed by atoms with E-state index in [1.165, 1.54) is 5.70 Å². The Hall–Kier alpha value is -0.460. The van der Waals surface area contributed by atoms with Crippen molar-refractivity contribution >= 4 is 0 Å². The van der Waals surface area contributed by atoms with Gasteiger partial charge in [0.1, 0.15) is 0 Å². The normalized spacial score (nSPS) is 23.0. The van der Waals surface area contributed by atoms with E-state index in [0.29, 0.717) is 5.92 Å². The van der Waals surface area contributed by atoms with Crippen molar-refractivity contribution in [2.45, 2.75) is 13.8 Å². The fourth-order valence-corrected chi connectivity index (χ4v) is 0.571. The molecule has 0 aromatic heterocycles. The number of hydrogen-bond acceptors (Lipinski definition) is 1. The van der Waals surface area contributed by atoms with Gasteiger partial charge in [0.2, 0.25) is 0 Å². The van der Waals surface area contributed by atoms with E-state index in [0.717, 1.165) is 6.54 Å². The Morgan fingerprint density at radius 3 is 2.43 bits per heavy atom. The third-order valence-electron chi connectivity index (χ3n) is 0.915. The van der Waals surface area contributed by atoms with E-state index < -0.39 is 0 Å². The highest BCUT2D eigenvalue weighted by atomic mass is 15.0. The minimum absolute atomic E-state index is 0.713. The molecule has 0 aromatic rings. The summed E-state index contributed by atoms with van der Waals surface area (Å²) in [6, 6.07) is 0. The molecule has 0 saturated carbocycles. The standard InChI is InChI=1S/C6H11N/c1-5(2)3-6-4-7-6/h3,5,7H,4H2,1-2H3/b6-3+. The number of nitrogens with one attached hydrogen (secondary N) is 1. The molecule has 0 atom stereocenters. The Morgan fingerprint density at radius 1 is 1.71 bits per heavy atom. The average Bonchev–Trinajstić information content (AvgIpc) is 2.17. The fourth-order valence-electron chi connectivity index (χ4n) is 0.571. The Labute approximate surface area is 44.4 Å². The van der Waals surface area contributed by atoms with Gasteiger partial charge in [-0.1, -0.05) is 19.9 Å². The summed E-state index contributed by atoms with van der Waals surface area (Å²) in [5.74, 6) is 0.713. The number of hydrogen-bond donors (Lipinski definition) is 1. The van der Waals surface area contributed by atoms with Crippen LogP contribution in [0.5, 0.6) is 0 Å². The zero-order valence-corrected chi connectivity index (χ0v) is 4.86. The molecule has 1 N–H and O–H groups in total. The van der Waals surface area contributed by atoms with Crippen LogP contribution >= 0.6 is 0 Å². The first kappa shape index (κ1) is 4.69. The highest BCUT2D eigenvalue weighted by molar-refractivity contribution is 5.16. The quantitative estimate of drug-likeness (QED) is 0.487. The van der Waals surface area contributed by atoms with Crippen LogP contribution in [0.1, 0.15) is 13.8 Å². The molecule has 1 saturated heterocycles. The van der Waals surface area contributed by atoms with Crippen molar-refractivity contribution in [2.75, 3.05) is 6.54 Å². The highest BCUT2D eigenvalue weighted by Crippen LogP contribution is 2.06. The first-order chi connectivity index (χ1) is 3.29. The van der Waals surface area contributed by atoms with Gasteiger partial charge in [0.25, 0.3) is 0 Å². The maximum absolute atomic E-state index is 3.13. The molecule has 1 heterocycles. The molecular weight excluding hydrogens is 86.1 g/mol. The van der Waals surface area contributed by atoms with Crippen molar-refractivity contribution in [3.05, 3.63) is 11.8 Å². The summed E-state index contributed by atoms with van der Waals surface area (Å²) >= 11 is 0. The van der Waals surface area contributed by atoms with E-state index in [1.807, 2.05) is 0 Å². The lowest BCUT2D eigenvalue weighted by Crippen LogP contribution is -1.76. The second-order valence-corrected chi connectivity index (χ2v) is 2.29. The van der Waals surface area contributed by atoms with Gasteiger partial charge in [-0.25, -0.2) is 0 Å². The SMILES string of the molecule is CC(C)/C=C1\CN1. The van der Waals surface area contributed by atoms with Crippen LogP contribution in [0.15, 0.2) is 11.8 Å². The molecule has 1 aliphatic rings. The number of allylic oxidation sites excluding steroid dienone is 1. The third-order valence-corrected chi connectivity index (χ3v) is 0.915. The van der Waals surface area contributed by atoms with Crippen molar-refractivity contribution in [1.82, 2.24) is 5.32 Å². The minimum Gasteiger partial charge on any atom is -0.382 e. The Morgan fingerprint density at radius 2 is 2.29 bits per heavy atom. The van der Waals surface area contributed by atoms with Crippen LogP contribution in [0.25, 0.3) is 0 Å². The molecule has 0 radical (unpaired) electrons. The average molecular weight is 97.2 g/mol. The lowest BCUT2D eigenvalue weighted by atomic mass is 10.2. The van der Waals surface area contributed by atoms with E-state index in [-0.39, 0.29) is 0 Å². The van der Waals surface area contributed by atoms with E-state index >= 15 is 0 Å². The lowest BCUT2D eigenvalue weighted by molar-refractivity contribution is 0.828. The van der Waals surface area contributed by atoms with Gasteiger partial charge < -0.3 is 5.32 Å². The van der Waals surface area contributed by atoms with E-state index in [4.69, 9.17) is 0 Å². The molecule has 0 spiro atoms. The second kappa shape index (κ2) is 1.57. The molecule has 0 aliphatic carbocycles. The maximum Gasteiger partial charge on any atom is 0.0542 e. The first-order valence-electron chi connectivity index (χ1n) is 2.73. The predicted molar refractivity (Wildman–Crippen MR) is 30.9 cm³/mol. The summed E-state index contributed by atoms with van der Waals surface area (Å²) < 4.78 is 0. The monoisotopic (exact) mass is 97.1 g/mol. The molecule has 1 aliphatic heterocycles. The zero-order chi connectivity index (χ0) is 5.28. The summed E-state index contributed by atoms with van der Waals surface area (Å²) in [5.41, 5.74) is 1.41. The van der Waals surface area contributed by atoms with Crippen molar-refractivity contribution in [3.63, 3.8) is 0 Å². The van der Waals surface area contributed by atoms with Gasteiger partial charge >= 0.3 is 0 Å². The lowest BCUT2D eigenvalue weighted by Gasteiger charge is -1.87. The first-order valence-corrected chi connectivity index (χ1v) is 2.73. The van der Waals surface area contributed by atoms with Gasteiger partial charge in [-0.2, -0.15) is 0 Å². The maximum atomic E-state index is 3.13. The summed E-state index contributed by atoms with van der Waals surface area (Å²) in [6.07, 6.45) is 2.25. The van der Waals surface area contributed by atoms with E-state index in [2.05, 4.69) is 25.2 Å². The highest BCUT2D eigenvalue weighted by Gasteiger charge is 2.07. The largest absolute Gasteiger partial charge is 0.382 e. The van der Waals surface area contributed by atoms with E-state index in [9.17, 15) is 0 Å². The van der Waals surface area contributed by atoms with Crippen molar-refractivity contribution < 1.29 is 0 Å². The van der Waals surface area contributed by atoms with Crippen LogP contribution in [-0.4, -0.2) is 6.54 Å². The topological polar surface area (TPSA) is 21.9 Å². The van der Waals surface area contributed by atoms with Gasteiger partial charge in [0.05, 0.1) is 6.54 Å². The van der Waals surface area contributed by atoms with Crippen molar-refractivity contribution in [3.8, 4) is 0 Å². The summed E-state index contributed by atoms with van der Waals surface area (Å²) in [6.45, 7) is 5.50.